The molecule has 4 N–H and O–H groups in total. The molecule has 1 aromatic heterocycles. The molecule has 0 spiro atoms. The molecule has 76 valence electrons. The third kappa shape index (κ3) is 2.69. The van der Waals surface area contributed by atoms with Gasteiger partial charge in [0.05, 0.1) is 9.34 Å². The van der Waals surface area contributed by atoms with E-state index in [9.17, 15) is 9.59 Å². The molecule has 0 aliphatic rings. The molecule has 0 saturated heterocycles. The minimum absolute atomic E-state index is 0.469. The summed E-state index contributed by atoms with van der Waals surface area (Å²) in [6.45, 7) is 0. The standard InChI is InChI=1S/C7H7ClN2O3S/c8-3-1-2-4(14-3)10-6(11)5(9)7(12)13/h1-2,5H,9H2,(H,10,11)(H,12,13). The van der Waals surface area contributed by atoms with Gasteiger partial charge in [-0.25, -0.2) is 4.79 Å². The summed E-state index contributed by atoms with van der Waals surface area (Å²) in [6, 6.07) is 1.60. The van der Waals surface area contributed by atoms with Crippen molar-refractivity contribution in [3.63, 3.8) is 0 Å². The number of thiophene rings is 1. The highest BCUT2D eigenvalue weighted by Gasteiger charge is 2.21. The molecular weight excluding hydrogens is 228 g/mol. The fourth-order valence-electron chi connectivity index (χ4n) is 0.693. The summed E-state index contributed by atoms with van der Waals surface area (Å²) in [4.78, 5) is 21.4. The Hall–Kier alpha value is -1.11. The second-order valence-corrected chi connectivity index (χ2v) is 4.12. The fraction of sp³-hybridized carbons (Fsp3) is 0.143. The van der Waals surface area contributed by atoms with Crippen molar-refractivity contribution in [3.8, 4) is 0 Å². The van der Waals surface area contributed by atoms with Gasteiger partial charge in [0.1, 0.15) is 0 Å². The van der Waals surface area contributed by atoms with E-state index in [1.807, 2.05) is 0 Å². The number of rotatable bonds is 3. The summed E-state index contributed by atoms with van der Waals surface area (Å²) in [7, 11) is 0. The molecule has 0 aromatic carbocycles. The third-order valence-electron chi connectivity index (χ3n) is 1.37. The van der Waals surface area contributed by atoms with Gasteiger partial charge in [-0.2, -0.15) is 0 Å². The Kier molecular flexibility index (Phi) is 3.45. The van der Waals surface area contributed by atoms with Gasteiger partial charge < -0.3 is 16.2 Å². The van der Waals surface area contributed by atoms with E-state index in [2.05, 4.69) is 5.32 Å². The first-order chi connectivity index (χ1) is 6.50. The summed E-state index contributed by atoms with van der Waals surface area (Å²) < 4.78 is 0.504. The predicted octanol–water partition coefficient (Wildman–Crippen LogP) is 0.752. The van der Waals surface area contributed by atoms with Crippen LogP contribution >= 0.6 is 22.9 Å². The number of nitrogens with one attached hydrogen (secondary N) is 1. The van der Waals surface area contributed by atoms with Crippen LogP contribution in [0.15, 0.2) is 12.1 Å². The van der Waals surface area contributed by atoms with Crippen LogP contribution in [0.2, 0.25) is 4.34 Å². The SMILES string of the molecule is NC(C(=O)O)C(=O)Nc1ccc(Cl)s1. The highest BCUT2D eigenvalue weighted by Crippen LogP contribution is 2.25. The van der Waals surface area contributed by atoms with Crippen LogP contribution in [0.3, 0.4) is 0 Å². The molecular formula is C7H7ClN2O3S. The maximum Gasteiger partial charge on any atom is 0.330 e. The van der Waals surface area contributed by atoms with Gasteiger partial charge in [-0.3, -0.25) is 4.79 Å². The van der Waals surface area contributed by atoms with Crippen molar-refractivity contribution in [1.29, 1.82) is 0 Å². The number of nitrogens with two attached hydrogens (primary N) is 1. The van der Waals surface area contributed by atoms with Crippen molar-refractivity contribution in [2.45, 2.75) is 6.04 Å². The van der Waals surface area contributed by atoms with Crippen molar-refractivity contribution < 1.29 is 14.7 Å². The van der Waals surface area contributed by atoms with Crippen molar-refractivity contribution in [1.82, 2.24) is 0 Å². The molecule has 1 atom stereocenters. The van der Waals surface area contributed by atoms with Crippen LogP contribution in [0.25, 0.3) is 0 Å². The van der Waals surface area contributed by atoms with Crippen molar-refractivity contribution in [2.24, 2.45) is 5.73 Å². The van der Waals surface area contributed by atoms with E-state index in [1.54, 1.807) is 12.1 Å². The molecule has 1 rings (SSSR count). The summed E-state index contributed by atoms with van der Waals surface area (Å²) in [6.07, 6.45) is 0. The van der Waals surface area contributed by atoms with Gasteiger partial charge in [-0.05, 0) is 12.1 Å². The zero-order chi connectivity index (χ0) is 10.7. The van der Waals surface area contributed by atoms with Gasteiger partial charge in [-0.15, -0.1) is 11.3 Å². The smallest absolute Gasteiger partial charge is 0.330 e. The maximum absolute atomic E-state index is 11.1. The molecule has 1 heterocycles. The van der Waals surface area contributed by atoms with Crippen LogP contribution in [0.1, 0.15) is 0 Å². The normalized spacial score (nSPS) is 12.1. The highest BCUT2D eigenvalue weighted by molar-refractivity contribution is 7.20. The van der Waals surface area contributed by atoms with Crippen molar-refractivity contribution >= 4 is 39.8 Å². The molecule has 1 unspecified atom stereocenters. The van der Waals surface area contributed by atoms with Crippen molar-refractivity contribution in [3.05, 3.63) is 16.5 Å². The van der Waals surface area contributed by atoms with Crippen molar-refractivity contribution in [2.75, 3.05) is 5.32 Å². The summed E-state index contributed by atoms with van der Waals surface area (Å²) in [5, 5.41) is 11.2. The predicted molar refractivity (Wildman–Crippen MR) is 53.6 cm³/mol. The van der Waals surface area contributed by atoms with E-state index in [-0.39, 0.29) is 0 Å². The van der Waals surface area contributed by atoms with Crippen LogP contribution in [0.5, 0.6) is 0 Å². The summed E-state index contributed by atoms with van der Waals surface area (Å²) >= 11 is 6.74. The number of anilines is 1. The number of aliphatic carboxylic acids is 1. The van der Waals surface area contributed by atoms with Gasteiger partial charge in [0.25, 0.3) is 5.91 Å². The molecule has 14 heavy (non-hydrogen) atoms. The summed E-state index contributed by atoms with van der Waals surface area (Å²) in [5.41, 5.74) is 5.07. The lowest BCUT2D eigenvalue weighted by molar-refractivity contribution is -0.141. The monoisotopic (exact) mass is 234 g/mol. The van der Waals surface area contributed by atoms with Crippen LogP contribution in [-0.2, 0) is 9.59 Å². The van der Waals surface area contributed by atoms with E-state index in [0.29, 0.717) is 9.34 Å². The van der Waals surface area contributed by atoms with Gasteiger partial charge in [0.15, 0.2) is 6.04 Å². The number of hydrogen-bond donors (Lipinski definition) is 3. The zero-order valence-electron chi connectivity index (χ0n) is 6.86. The van der Waals surface area contributed by atoms with Gasteiger partial charge in [-0.1, -0.05) is 11.6 Å². The molecule has 0 aliphatic heterocycles. The van der Waals surface area contributed by atoms with Crippen LogP contribution in [0.4, 0.5) is 5.00 Å². The lowest BCUT2D eigenvalue weighted by Gasteiger charge is -2.05. The number of amides is 1. The number of carbonyl (C=O) groups excluding carboxylic acids is 1. The number of carboxylic acid groups (broad SMARTS) is 1. The van der Waals surface area contributed by atoms with Crippen LogP contribution in [0, 0.1) is 0 Å². The average Bonchev–Trinajstić information content (AvgIpc) is 2.49. The molecule has 0 fully saturated rings. The average molecular weight is 235 g/mol. The van der Waals surface area contributed by atoms with Crippen LogP contribution < -0.4 is 11.1 Å². The Morgan fingerprint density at radius 2 is 2.21 bits per heavy atom. The molecule has 0 radical (unpaired) electrons. The second-order valence-electron chi connectivity index (χ2n) is 2.41. The first kappa shape index (κ1) is 11.0. The lowest BCUT2D eigenvalue weighted by Crippen LogP contribution is -2.42. The van der Waals surface area contributed by atoms with E-state index in [1.165, 1.54) is 0 Å². The molecule has 0 bridgehead atoms. The number of hydrogen-bond acceptors (Lipinski definition) is 4. The second kappa shape index (κ2) is 4.41. The fourth-order valence-corrected chi connectivity index (χ4v) is 1.64. The molecule has 5 nitrogen and oxygen atoms in total. The number of carbonyl (C=O) groups is 2. The Labute approximate surface area is 88.5 Å². The molecule has 1 aromatic rings. The summed E-state index contributed by atoms with van der Waals surface area (Å²) in [5.74, 6) is -2.14. The Morgan fingerprint density at radius 1 is 1.57 bits per heavy atom. The number of halogens is 1. The minimum Gasteiger partial charge on any atom is -0.480 e. The largest absolute Gasteiger partial charge is 0.480 e. The lowest BCUT2D eigenvalue weighted by atomic mass is 10.3. The quantitative estimate of drug-likeness (QED) is 0.673. The van der Waals surface area contributed by atoms with Gasteiger partial charge in [0, 0.05) is 0 Å². The Morgan fingerprint density at radius 3 is 2.64 bits per heavy atom. The van der Waals surface area contributed by atoms with Gasteiger partial charge >= 0.3 is 5.97 Å². The third-order valence-corrected chi connectivity index (χ3v) is 2.51. The first-order valence-corrected chi connectivity index (χ1v) is 4.74. The topological polar surface area (TPSA) is 92.4 Å². The Bertz CT molecular complexity index is 366. The van der Waals surface area contributed by atoms with E-state index in [0.717, 1.165) is 11.3 Å². The molecule has 1 amide bonds. The Balaban J connectivity index is 2.61. The van der Waals surface area contributed by atoms with E-state index in [4.69, 9.17) is 22.4 Å². The maximum atomic E-state index is 11.1. The molecule has 0 saturated carbocycles. The van der Waals surface area contributed by atoms with Crippen LogP contribution in [-0.4, -0.2) is 23.0 Å². The first-order valence-electron chi connectivity index (χ1n) is 3.55. The van der Waals surface area contributed by atoms with E-state index >= 15 is 0 Å². The van der Waals surface area contributed by atoms with E-state index < -0.39 is 17.9 Å². The zero-order valence-corrected chi connectivity index (χ0v) is 8.43. The molecule has 0 aliphatic carbocycles. The molecule has 7 heteroatoms. The minimum atomic E-state index is -1.56. The highest BCUT2D eigenvalue weighted by atomic mass is 35.5. The number of carboxylic acids is 1. The van der Waals surface area contributed by atoms with Gasteiger partial charge in [0.2, 0.25) is 0 Å².